The molecule has 0 unspecified atom stereocenters. The lowest BCUT2D eigenvalue weighted by Crippen LogP contribution is -2.29. The highest BCUT2D eigenvalue weighted by Crippen LogP contribution is 2.33. The number of benzene rings is 1. The van der Waals surface area contributed by atoms with Crippen molar-refractivity contribution in [1.82, 2.24) is 0 Å². The average molecular weight is 324 g/mol. The molecule has 2 aliphatic carbocycles. The molecule has 3 nitrogen and oxygen atoms in total. The van der Waals surface area contributed by atoms with Gasteiger partial charge < -0.3 is 0 Å². The topological polar surface area (TPSA) is 37.4 Å². The zero-order valence-electron chi connectivity index (χ0n) is 9.97. The molecule has 0 atom stereocenters. The second-order valence-electron chi connectivity index (χ2n) is 4.10. The Labute approximate surface area is 129 Å². The highest BCUT2D eigenvalue weighted by Gasteiger charge is 2.38. The van der Waals surface area contributed by atoms with Crippen LogP contribution in [0.25, 0.3) is 11.1 Å². The Morgan fingerprint density at radius 3 is 1.65 bits per heavy atom. The quantitative estimate of drug-likeness (QED) is 0.635. The van der Waals surface area contributed by atoms with Crippen molar-refractivity contribution in [2.75, 3.05) is 4.90 Å². The molecule has 1 aliphatic heterocycles. The Hall–Kier alpha value is -1.62. The first kappa shape index (κ1) is 13.4. The number of fused-ring (bicyclic) bond motifs is 1. The normalized spacial score (nSPS) is 15.4. The zero-order chi connectivity index (χ0) is 14.3. The molecule has 0 N–H and O–H groups in total. The van der Waals surface area contributed by atoms with E-state index in [1.54, 1.807) is 17.5 Å². The van der Waals surface area contributed by atoms with Crippen LogP contribution in [0.4, 0.5) is 5.00 Å². The molecule has 0 aromatic carbocycles. The van der Waals surface area contributed by atoms with Crippen molar-refractivity contribution in [3.8, 4) is 11.1 Å². The summed E-state index contributed by atoms with van der Waals surface area (Å²) in [6.45, 7) is 0. The molecule has 3 aliphatic rings. The predicted octanol–water partition coefficient (Wildman–Crippen LogP) is 3.98. The Balaban J connectivity index is 0.000000165. The van der Waals surface area contributed by atoms with Gasteiger partial charge in [0.1, 0.15) is 15.1 Å². The molecule has 0 bridgehead atoms. The molecular weight excluding hydrogens is 317 g/mol. The standard InChI is InChI=1S/C8H3Cl2NO2S.C6H4/c9-5-6(10)8(13)11(7(5)12)4-2-1-3-14-4;1-2-6-4-3-5(1)6/h1-3H;1-4H. The van der Waals surface area contributed by atoms with Crippen LogP contribution in [0.2, 0.25) is 0 Å². The van der Waals surface area contributed by atoms with Crippen molar-refractivity contribution < 1.29 is 9.59 Å². The van der Waals surface area contributed by atoms with Gasteiger partial charge >= 0.3 is 0 Å². The van der Waals surface area contributed by atoms with Gasteiger partial charge in [0.2, 0.25) is 0 Å². The predicted molar refractivity (Wildman–Crippen MR) is 81.0 cm³/mol. The molecule has 100 valence electrons. The first-order valence-corrected chi connectivity index (χ1v) is 7.31. The van der Waals surface area contributed by atoms with Gasteiger partial charge in [-0.1, -0.05) is 47.5 Å². The summed E-state index contributed by atoms with van der Waals surface area (Å²) in [5.74, 6) is -1.13. The summed E-state index contributed by atoms with van der Waals surface area (Å²) in [7, 11) is 0. The maximum absolute atomic E-state index is 11.5. The number of rotatable bonds is 1. The Kier molecular flexibility index (Phi) is 3.38. The van der Waals surface area contributed by atoms with Gasteiger partial charge in [0.25, 0.3) is 11.8 Å². The lowest BCUT2D eigenvalue weighted by molar-refractivity contribution is -0.120. The number of carbonyl (C=O) groups is 2. The molecule has 4 rings (SSSR count). The number of thiophene rings is 1. The molecule has 6 heteroatoms. The van der Waals surface area contributed by atoms with Crippen LogP contribution in [0.15, 0.2) is 51.8 Å². The number of hydrogen-bond donors (Lipinski definition) is 0. The van der Waals surface area contributed by atoms with E-state index in [0.29, 0.717) is 5.00 Å². The summed E-state index contributed by atoms with van der Waals surface area (Å²) in [6.07, 6.45) is 0. The lowest BCUT2D eigenvalue weighted by Gasteiger charge is -2.10. The van der Waals surface area contributed by atoms with Gasteiger partial charge in [0.15, 0.2) is 0 Å². The summed E-state index contributed by atoms with van der Waals surface area (Å²) < 4.78 is 0. The number of amides is 2. The van der Waals surface area contributed by atoms with Crippen LogP contribution in [0.1, 0.15) is 0 Å². The fourth-order valence-electron chi connectivity index (χ4n) is 1.74. The Morgan fingerprint density at radius 2 is 1.35 bits per heavy atom. The molecule has 2 amide bonds. The van der Waals surface area contributed by atoms with Crippen LogP contribution in [-0.2, 0) is 9.59 Å². The molecule has 1 aromatic heterocycles. The van der Waals surface area contributed by atoms with E-state index in [4.69, 9.17) is 23.2 Å². The van der Waals surface area contributed by atoms with Gasteiger partial charge in [-0.3, -0.25) is 9.59 Å². The van der Waals surface area contributed by atoms with Crippen molar-refractivity contribution in [1.29, 1.82) is 0 Å². The maximum Gasteiger partial charge on any atom is 0.279 e. The Morgan fingerprint density at radius 1 is 0.850 bits per heavy atom. The third-order valence-electron chi connectivity index (χ3n) is 2.92. The van der Waals surface area contributed by atoms with E-state index in [2.05, 4.69) is 24.3 Å². The van der Waals surface area contributed by atoms with Gasteiger partial charge in [0, 0.05) is 0 Å². The molecule has 2 heterocycles. The molecule has 0 fully saturated rings. The van der Waals surface area contributed by atoms with Crippen molar-refractivity contribution >= 4 is 51.4 Å². The van der Waals surface area contributed by atoms with Gasteiger partial charge in [-0.05, 0) is 28.6 Å². The summed E-state index contributed by atoms with van der Waals surface area (Å²) in [5, 5.41) is 1.85. The Bertz CT molecular complexity index is 675. The molecule has 0 radical (unpaired) electrons. The highest BCUT2D eigenvalue weighted by atomic mass is 35.5. The second kappa shape index (κ2) is 5.05. The van der Waals surface area contributed by atoms with E-state index in [-0.39, 0.29) is 10.1 Å². The fraction of sp³-hybridized carbons (Fsp3) is 0. The van der Waals surface area contributed by atoms with Crippen molar-refractivity contribution in [3.05, 3.63) is 51.8 Å². The van der Waals surface area contributed by atoms with E-state index < -0.39 is 11.8 Å². The number of imide groups is 1. The van der Waals surface area contributed by atoms with Crippen LogP contribution < -0.4 is 4.90 Å². The van der Waals surface area contributed by atoms with E-state index in [1.807, 2.05) is 0 Å². The molecule has 0 saturated heterocycles. The van der Waals surface area contributed by atoms with Gasteiger partial charge in [-0.25, -0.2) is 4.90 Å². The van der Waals surface area contributed by atoms with Gasteiger partial charge in [-0.15, -0.1) is 11.3 Å². The monoisotopic (exact) mass is 323 g/mol. The SMILES string of the molecule is O=C1C(Cl)=C(Cl)C(=O)N1c1cccs1.c1cc2ccc1-2. The van der Waals surface area contributed by atoms with Crippen LogP contribution in [-0.4, -0.2) is 11.8 Å². The summed E-state index contributed by atoms with van der Waals surface area (Å²) in [5.41, 5.74) is 2.85. The third-order valence-corrected chi connectivity index (χ3v) is 4.57. The smallest absolute Gasteiger partial charge is 0.267 e. The van der Waals surface area contributed by atoms with E-state index >= 15 is 0 Å². The molecular formula is C14H7Cl2NO2S. The van der Waals surface area contributed by atoms with Crippen LogP contribution in [0, 0.1) is 0 Å². The lowest BCUT2D eigenvalue weighted by atomic mass is 9.95. The minimum atomic E-state index is -0.566. The van der Waals surface area contributed by atoms with Gasteiger partial charge in [0.05, 0.1) is 0 Å². The number of anilines is 1. The maximum atomic E-state index is 11.5. The average Bonchev–Trinajstić information content (AvgIpc) is 3.00. The molecule has 1 aromatic rings. The van der Waals surface area contributed by atoms with Crippen molar-refractivity contribution in [2.24, 2.45) is 0 Å². The third kappa shape index (κ3) is 2.06. The van der Waals surface area contributed by atoms with Crippen molar-refractivity contribution in [3.63, 3.8) is 0 Å². The van der Waals surface area contributed by atoms with E-state index in [0.717, 1.165) is 4.90 Å². The second-order valence-corrected chi connectivity index (χ2v) is 5.78. The number of nitrogens with zero attached hydrogens (tertiary/aromatic N) is 1. The first-order valence-electron chi connectivity index (χ1n) is 5.67. The van der Waals surface area contributed by atoms with Gasteiger partial charge in [-0.2, -0.15) is 0 Å². The highest BCUT2D eigenvalue weighted by molar-refractivity contribution is 7.14. The largest absolute Gasteiger partial charge is 0.279 e. The van der Waals surface area contributed by atoms with E-state index in [1.165, 1.54) is 22.5 Å². The number of hydrogen-bond acceptors (Lipinski definition) is 3. The molecule has 0 spiro atoms. The zero-order valence-corrected chi connectivity index (χ0v) is 12.3. The minimum absolute atomic E-state index is 0.218. The number of carbonyl (C=O) groups excluding carboxylic acids is 2. The summed E-state index contributed by atoms with van der Waals surface area (Å²) >= 11 is 12.4. The minimum Gasteiger partial charge on any atom is -0.267 e. The van der Waals surface area contributed by atoms with Crippen LogP contribution in [0.3, 0.4) is 0 Å². The van der Waals surface area contributed by atoms with E-state index in [9.17, 15) is 9.59 Å². The van der Waals surface area contributed by atoms with Crippen molar-refractivity contribution in [2.45, 2.75) is 0 Å². The summed E-state index contributed by atoms with van der Waals surface area (Å²) in [6, 6.07) is 11.9. The molecule has 20 heavy (non-hydrogen) atoms. The molecule has 0 saturated carbocycles. The van der Waals surface area contributed by atoms with Crippen LogP contribution in [0.5, 0.6) is 0 Å². The summed E-state index contributed by atoms with van der Waals surface area (Å²) in [4.78, 5) is 23.9. The van der Waals surface area contributed by atoms with Crippen LogP contribution >= 0.6 is 34.5 Å². The fourth-order valence-corrected chi connectivity index (χ4v) is 2.79. The number of halogens is 2. The first-order chi connectivity index (χ1) is 9.59.